The summed E-state index contributed by atoms with van der Waals surface area (Å²) in [5, 5.41) is 15.3. The Hall–Kier alpha value is -2.46. The first-order valence-electron chi connectivity index (χ1n) is 10.0. The molecule has 0 aliphatic carbocycles. The standard InChI is InChI=1S/C19H27N7O2S/c1-2-3-9-20-17(27)14-24-10-12-25(13-11-24)18(28)15-29-19-21-22-23-26(19)16-7-5-4-6-8-16/h4-8H,2-3,9-15H2,1H3,(H,20,27)/p+1. The molecule has 10 heteroatoms. The fourth-order valence-electron chi connectivity index (χ4n) is 3.16. The molecule has 2 aromatic rings. The highest BCUT2D eigenvalue weighted by molar-refractivity contribution is 7.99. The van der Waals surface area contributed by atoms with E-state index in [1.54, 1.807) is 4.68 Å². The molecule has 9 nitrogen and oxygen atoms in total. The van der Waals surface area contributed by atoms with Gasteiger partial charge in [-0.1, -0.05) is 43.3 Å². The molecule has 3 rings (SSSR count). The summed E-state index contributed by atoms with van der Waals surface area (Å²) in [6.45, 7) is 6.24. The van der Waals surface area contributed by atoms with Crippen LogP contribution >= 0.6 is 11.8 Å². The van der Waals surface area contributed by atoms with Gasteiger partial charge in [0.1, 0.15) is 0 Å². The Bertz CT molecular complexity index is 791. The minimum atomic E-state index is 0.0732. The summed E-state index contributed by atoms with van der Waals surface area (Å²) < 4.78 is 1.64. The summed E-state index contributed by atoms with van der Waals surface area (Å²) >= 11 is 1.34. The molecule has 1 aromatic carbocycles. The van der Waals surface area contributed by atoms with Gasteiger partial charge < -0.3 is 15.1 Å². The lowest BCUT2D eigenvalue weighted by Gasteiger charge is -2.31. The number of piperazine rings is 1. The Morgan fingerprint density at radius 1 is 1.21 bits per heavy atom. The molecule has 1 aromatic heterocycles. The van der Waals surface area contributed by atoms with Crippen LogP contribution < -0.4 is 10.2 Å². The number of quaternary nitrogens is 1. The average Bonchev–Trinajstić information content (AvgIpc) is 3.22. The number of carbonyl (C=O) groups is 2. The smallest absolute Gasteiger partial charge is 0.275 e. The van der Waals surface area contributed by atoms with E-state index in [1.165, 1.54) is 16.7 Å². The van der Waals surface area contributed by atoms with Crippen molar-refractivity contribution in [2.75, 3.05) is 45.0 Å². The number of amides is 2. The van der Waals surface area contributed by atoms with E-state index in [1.807, 2.05) is 35.2 Å². The zero-order valence-corrected chi connectivity index (χ0v) is 17.5. The van der Waals surface area contributed by atoms with Crippen LogP contribution in [-0.2, 0) is 9.59 Å². The van der Waals surface area contributed by atoms with Gasteiger partial charge in [0, 0.05) is 6.54 Å². The van der Waals surface area contributed by atoms with Gasteiger partial charge in [-0.3, -0.25) is 9.59 Å². The van der Waals surface area contributed by atoms with Crippen LogP contribution in [0.4, 0.5) is 0 Å². The lowest BCUT2D eigenvalue weighted by atomic mass is 10.3. The predicted octanol–water partition coefficient (Wildman–Crippen LogP) is -0.602. The maximum absolute atomic E-state index is 12.6. The normalized spacial score (nSPS) is 14.7. The molecule has 0 spiro atoms. The summed E-state index contributed by atoms with van der Waals surface area (Å²) in [5.74, 6) is 0.459. The Kier molecular flexibility index (Phi) is 8.00. The summed E-state index contributed by atoms with van der Waals surface area (Å²) in [6.07, 6.45) is 2.08. The van der Waals surface area contributed by atoms with E-state index in [9.17, 15) is 9.59 Å². The topological polar surface area (TPSA) is 97.5 Å². The van der Waals surface area contributed by atoms with E-state index in [2.05, 4.69) is 27.8 Å². The quantitative estimate of drug-likeness (QED) is 0.417. The number of hydrogen-bond acceptors (Lipinski definition) is 6. The van der Waals surface area contributed by atoms with E-state index in [-0.39, 0.29) is 11.8 Å². The molecule has 1 fully saturated rings. The average molecular weight is 419 g/mol. The first-order valence-corrected chi connectivity index (χ1v) is 11.0. The number of nitrogens with one attached hydrogen (secondary N) is 2. The molecule has 0 saturated carbocycles. The van der Waals surface area contributed by atoms with Crippen LogP contribution in [0.25, 0.3) is 5.69 Å². The largest absolute Gasteiger partial charge is 0.351 e. The molecule has 1 saturated heterocycles. The Balaban J connectivity index is 1.42. The number of unbranched alkanes of at least 4 members (excludes halogenated alkanes) is 1. The van der Waals surface area contributed by atoms with Crippen molar-refractivity contribution in [3.8, 4) is 5.69 Å². The second-order valence-corrected chi connectivity index (χ2v) is 7.95. The summed E-state index contributed by atoms with van der Waals surface area (Å²) in [4.78, 5) is 27.6. The van der Waals surface area contributed by atoms with Gasteiger partial charge >= 0.3 is 0 Å². The minimum absolute atomic E-state index is 0.0732. The van der Waals surface area contributed by atoms with Gasteiger partial charge in [0.15, 0.2) is 6.54 Å². The zero-order valence-electron chi connectivity index (χ0n) is 16.7. The van der Waals surface area contributed by atoms with E-state index in [4.69, 9.17) is 0 Å². The third-order valence-corrected chi connectivity index (χ3v) is 5.76. The molecule has 2 amide bonds. The molecule has 0 bridgehead atoms. The van der Waals surface area contributed by atoms with Gasteiger partial charge in [-0.05, 0) is 29.0 Å². The zero-order chi connectivity index (χ0) is 20.5. The van der Waals surface area contributed by atoms with Crippen LogP contribution in [0.1, 0.15) is 19.8 Å². The van der Waals surface area contributed by atoms with Gasteiger partial charge in [-0.2, -0.15) is 4.68 Å². The van der Waals surface area contributed by atoms with E-state index in [0.717, 1.165) is 38.2 Å². The molecular formula is C19H28N7O2S+. The number of nitrogens with zero attached hydrogens (tertiary/aromatic N) is 5. The van der Waals surface area contributed by atoms with Crippen LogP contribution in [0.15, 0.2) is 35.5 Å². The summed E-state index contributed by atoms with van der Waals surface area (Å²) in [5.41, 5.74) is 0.863. The second-order valence-electron chi connectivity index (χ2n) is 7.01. The van der Waals surface area contributed by atoms with Crippen molar-refractivity contribution in [2.45, 2.75) is 24.9 Å². The number of thioether (sulfide) groups is 1. The predicted molar refractivity (Wildman–Crippen MR) is 110 cm³/mol. The number of aromatic nitrogens is 4. The first-order chi connectivity index (χ1) is 14.2. The van der Waals surface area contributed by atoms with Crippen LogP contribution in [0.5, 0.6) is 0 Å². The van der Waals surface area contributed by atoms with Crippen molar-refractivity contribution < 1.29 is 14.5 Å². The van der Waals surface area contributed by atoms with E-state index < -0.39 is 0 Å². The van der Waals surface area contributed by atoms with E-state index in [0.29, 0.717) is 30.5 Å². The van der Waals surface area contributed by atoms with Gasteiger partial charge in [0.05, 0.1) is 37.6 Å². The maximum Gasteiger partial charge on any atom is 0.275 e. The van der Waals surface area contributed by atoms with Crippen molar-refractivity contribution in [2.24, 2.45) is 0 Å². The van der Waals surface area contributed by atoms with Crippen LogP contribution in [0.2, 0.25) is 0 Å². The van der Waals surface area contributed by atoms with Gasteiger partial charge in [0.25, 0.3) is 5.91 Å². The molecule has 2 N–H and O–H groups in total. The fourth-order valence-corrected chi connectivity index (χ4v) is 3.95. The number of carbonyl (C=O) groups excluding carboxylic acids is 2. The highest BCUT2D eigenvalue weighted by Gasteiger charge is 2.25. The molecular weight excluding hydrogens is 390 g/mol. The van der Waals surface area contributed by atoms with Gasteiger partial charge in [0.2, 0.25) is 11.1 Å². The summed E-state index contributed by atoms with van der Waals surface area (Å²) in [6, 6.07) is 9.61. The second kappa shape index (κ2) is 10.9. The third kappa shape index (κ3) is 6.26. The van der Waals surface area contributed by atoms with Crippen LogP contribution in [-0.4, -0.2) is 81.9 Å². The van der Waals surface area contributed by atoms with Crippen molar-refractivity contribution in [3.63, 3.8) is 0 Å². The number of tetrazole rings is 1. The Morgan fingerprint density at radius 2 is 1.97 bits per heavy atom. The Labute approximate surface area is 174 Å². The highest BCUT2D eigenvalue weighted by atomic mass is 32.2. The third-order valence-electron chi connectivity index (χ3n) is 4.85. The van der Waals surface area contributed by atoms with Crippen LogP contribution in [0, 0.1) is 0 Å². The summed E-state index contributed by atoms with van der Waals surface area (Å²) in [7, 11) is 0. The molecule has 1 aliphatic rings. The van der Waals surface area contributed by atoms with Crippen molar-refractivity contribution in [3.05, 3.63) is 30.3 Å². The number of benzene rings is 1. The highest BCUT2D eigenvalue weighted by Crippen LogP contribution is 2.18. The van der Waals surface area contributed by atoms with Gasteiger partial charge in [-0.25, -0.2) is 0 Å². The molecule has 1 aliphatic heterocycles. The van der Waals surface area contributed by atoms with E-state index >= 15 is 0 Å². The van der Waals surface area contributed by atoms with Gasteiger partial charge in [-0.15, -0.1) is 5.10 Å². The molecule has 0 unspecified atom stereocenters. The van der Waals surface area contributed by atoms with Crippen LogP contribution in [0.3, 0.4) is 0 Å². The van der Waals surface area contributed by atoms with Crippen molar-refractivity contribution in [1.29, 1.82) is 0 Å². The molecule has 0 radical (unpaired) electrons. The number of rotatable bonds is 9. The monoisotopic (exact) mass is 418 g/mol. The Morgan fingerprint density at radius 3 is 2.69 bits per heavy atom. The lowest BCUT2D eigenvalue weighted by molar-refractivity contribution is -0.896. The molecule has 0 atom stereocenters. The first kappa shape index (κ1) is 21.3. The van der Waals surface area contributed by atoms with Crippen molar-refractivity contribution in [1.82, 2.24) is 30.4 Å². The maximum atomic E-state index is 12.6. The number of hydrogen-bond donors (Lipinski definition) is 2. The van der Waals surface area contributed by atoms with Crippen molar-refractivity contribution >= 4 is 23.6 Å². The molecule has 156 valence electrons. The SMILES string of the molecule is CCCCNC(=O)C[NH+]1CCN(C(=O)CSc2nnnn2-c2ccccc2)CC1. The molecule has 29 heavy (non-hydrogen) atoms. The fraction of sp³-hybridized carbons (Fsp3) is 0.526. The number of para-hydroxylation sites is 1. The minimum Gasteiger partial charge on any atom is -0.351 e. The lowest BCUT2D eigenvalue weighted by Crippen LogP contribution is -3.15. The molecule has 2 heterocycles.